The molecule has 2 fully saturated rings. The lowest BCUT2D eigenvalue weighted by atomic mass is 9.75. The van der Waals surface area contributed by atoms with Crippen molar-refractivity contribution in [3.63, 3.8) is 0 Å². The zero-order chi connectivity index (χ0) is 23.0. The number of fused-ring (bicyclic) bond motifs is 2. The number of carbonyl (C=O) groups is 1. The molecule has 0 amide bonds. The standard InChI is InChI=1S/C28H35NO4/c1-3-29(23-7-12-32-13-8-23)26-18-22(17-24(19(26)2)27(30)31)20-4-5-25-21(16-20)6-9-28(25)10-14-33-15-11-28/h4-5,16-18,23H,3,6-15H2,1-2H3,(H,30,31). The Kier molecular flexibility index (Phi) is 6.19. The van der Waals surface area contributed by atoms with Crippen molar-refractivity contribution < 1.29 is 19.4 Å². The van der Waals surface area contributed by atoms with E-state index >= 15 is 0 Å². The third-order valence-corrected chi connectivity index (χ3v) is 8.23. The molecule has 5 rings (SSSR count). The number of carboxylic acid groups (broad SMARTS) is 1. The number of aromatic carboxylic acids is 1. The molecule has 0 saturated carbocycles. The van der Waals surface area contributed by atoms with Gasteiger partial charge in [-0.05, 0) is 92.3 Å². The predicted octanol–water partition coefficient (Wildman–Crippen LogP) is 5.36. The summed E-state index contributed by atoms with van der Waals surface area (Å²) in [5.41, 5.74) is 7.58. The van der Waals surface area contributed by atoms with Gasteiger partial charge in [0.25, 0.3) is 0 Å². The van der Waals surface area contributed by atoms with Gasteiger partial charge >= 0.3 is 5.97 Å². The summed E-state index contributed by atoms with van der Waals surface area (Å²) < 4.78 is 11.2. The Morgan fingerprint density at radius 2 is 1.76 bits per heavy atom. The van der Waals surface area contributed by atoms with E-state index in [1.54, 1.807) is 0 Å². The molecule has 0 aromatic heterocycles. The van der Waals surface area contributed by atoms with Crippen LogP contribution in [0.5, 0.6) is 0 Å². The number of carboxylic acids is 1. The third kappa shape index (κ3) is 4.06. The summed E-state index contributed by atoms with van der Waals surface area (Å²) in [5.74, 6) is -0.860. The highest BCUT2D eigenvalue weighted by Crippen LogP contribution is 2.47. The minimum absolute atomic E-state index is 0.277. The van der Waals surface area contributed by atoms with Crippen molar-refractivity contribution in [2.24, 2.45) is 0 Å². The fourth-order valence-electron chi connectivity index (χ4n) is 6.30. The Bertz CT molecular complexity index is 1030. The molecule has 2 heterocycles. The zero-order valence-electron chi connectivity index (χ0n) is 19.9. The maximum atomic E-state index is 12.2. The Morgan fingerprint density at radius 1 is 1.03 bits per heavy atom. The third-order valence-electron chi connectivity index (χ3n) is 8.23. The lowest BCUT2D eigenvalue weighted by Crippen LogP contribution is -2.40. The Labute approximate surface area is 196 Å². The summed E-state index contributed by atoms with van der Waals surface area (Å²) in [6.45, 7) is 8.19. The van der Waals surface area contributed by atoms with Crippen molar-refractivity contribution in [1.82, 2.24) is 0 Å². The lowest BCUT2D eigenvalue weighted by molar-refractivity contribution is 0.0506. The highest BCUT2D eigenvalue weighted by molar-refractivity contribution is 5.94. The summed E-state index contributed by atoms with van der Waals surface area (Å²) >= 11 is 0. The van der Waals surface area contributed by atoms with Gasteiger partial charge in [0.1, 0.15) is 0 Å². The molecule has 2 saturated heterocycles. The molecule has 0 atom stereocenters. The van der Waals surface area contributed by atoms with Crippen molar-refractivity contribution in [2.75, 3.05) is 37.9 Å². The van der Waals surface area contributed by atoms with Crippen LogP contribution < -0.4 is 4.90 Å². The summed E-state index contributed by atoms with van der Waals surface area (Å²) in [6, 6.07) is 11.3. The quantitative estimate of drug-likeness (QED) is 0.666. The molecule has 1 aliphatic carbocycles. The Morgan fingerprint density at radius 3 is 2.45 bits per heavy atom. The molecule has 5 nitrogen and oxygen atoms in total. The highest BCUT2D eigenvalue weighted by Gasteiger charge is 2.40. The first-order valence-electron chi connectivity index (χ1n) is 12.5. The average molecular weight is 450 g/mol. The van der Waals surface area contributed by atoms with Gasteiger partial charge in [-0.3, -0.25) is 0 Å². The molecule has 5 heteroatoms. The van der Waals surface area contributed by atoms with Crippen molar-refractivity contribution in [3.8, 4) is 11.1 Å². The van der Waals surface area contributed by atoms with Crippen LogP contribution >= 0.6 is 0 Å². The second-order valence-corrected chi connectivity index (χ2v) is 9.87. The SMILES string of the molecule is CCN(c1cc(-c2ccc3c(c2)CCC32CCOCC2)cc(C(=O)O)c1C)C1CCOCC1. The van der Waals surface area contributed by atoms with E-state index in [9.17, 15) is 9.90 Å². The zero-order valence-corrected chi connectivity index (χ0v) is 19.9. The molecule has 1 spiro atoms. The molecule has 2 aromatic rings. The summed E-state index contributed by atoms with van der Waals surface area (Å²) in [4.78, 5) is 14.6. The second kappa shape index (κ2) is 9.11. The van der Waals surface area contributed by atoms with E-state index in [0.717, 1.165) is 87.5 Å². The van der Waals surface area contributed by atoms with Crippen LogP contribution in [0.1, 0.15) is 66.1 Å². The van der Waals surface area contributed by atoms with Crippen molar-refractivity contribution in [1.29, 1.82) is 0 Å². The minimum Gasteiger partial charge on any atom is -0.478 e. The van der Waals surface area contributed by atoms with Gasteiger partial charge in [0.05, 0.1) is 5.56 Å². The number of aryl methyl sites for hydroxylation is 1. The molecule has 176 valence electrons. The molecule has 0 bridgehead atoms. The fraction of sp³-hybridized carbons (Fsp3) is 0.536. The first kappa shape index (κ1) is 22.4. The molecule has 0 unspecified atom stereocenters. The van der Waals surface area contributed by atoms with Gasteiger partial charge in [0, 0.05) is 50.1 Å². The molecule has 3 aliphatic rings. The number of ether oxygens (including phenoxy) is 2. The second-order valence-electron chi connectivity index (χ2n) is 9.87. The van der Waals surface area contributed by atoms with Crippen LogP contribution in [0, 0.1) is 6.92 Å². The molecule has 2 aliphatic heterocycles. The fourth-order valence-corrected chi connectivity index (χ4v) is 6.30. The summed E-state index contributed by atoms with van der Waals surface area (Å²) in [6.07, 6.45) is 6.45. The molecular formula is C28H35NO4. The van der Waals surface area contributed by atoms with Crippen LogP contribution in [0.4, 0.5) is 5.69 Å². The smallest absolute Gasteiger partial charge is 0.336 e. The number of anilines is 1. The van der Waals surface area contributed by atoms with E-state index < -0.39 is 5.97 Å². The summed E-state index contributed by atoms with van der Waals surface area (Å²) in [5, 5.41) is 10.00. The van der Waals surface area contributed by atoms with Crippen LogP contribution in [0.3, 0.4) is 0 Å². The molecule has 1 N–H and O–H groups in total. The van der Waals surface area contributed by atoms with Gasteiger partial charge in [-0.25, -0.2) is 4.79 Å². The van der Waals surface area contributed by atoms with Crippen LogP contribution in [-0.4, -0.2) is 50.1 Å². The monoisotopic (exact) mass is 449 g/mol. The van der Waals surface area contributed by atoms with Gasteiger partial charge in [0.2, 0.25) is 0 Å². The van der Waals surface area contributed by atoms with Crippen molar-refractivity contribution in [3.05, 3.63) is 52.6 Å². The van der Waals surface area contributed by atoms with E-state index in [-0.39, 0.29) is 5.41 Å². The van der Waals surface area contributed by atoms with Crippen LogP contribution in [0.2, 0.25) is 0 Å². The Balaban J connectivity index is 1.55. The van der Waals surface area contributed by atoms with Crippen molar-refractivity contribution in [2.45, 2.75) is 63.8 Å². The first-order valence-corrected chi connectivity index (χ1v) is 12.5. The number of benzene rings is 2. The predicted molar refractivity (Wildman–Crippen MR) is 130 cm³/mol. The van der Waals surface area contributed by atoms with E-state index in [2.05, 4.69) is 36.1 Å². The van der Waals surface area contributed by atoms with Gasteiger partial charge in [-0.1, -0.05) is 18.2 Å². The van der Waals surface area contributed by atoms with E-state index in [0.29, 0.717) is 11.6 Å². The van der Waals surface area contributed by atoms with Gasteiger partial charge in [-0.15, -0.1) is 0 Å². The number of hydrogen-bond donors (Lipinski definition) is 1. The normalized spacial score (nSPS) is 20.1. The Hall–Kier alpha value is -2.37. The van der Waals surface area contributed by atoms with Gasteiger partial charge in [-0.2, -0.15) is 0 Å². The van der Waals surface area contributed by atoms with Crippen LogP contribution in [0.25, 0.3) is 11.1 Å². The minimum atomic E-state index is -0.860. The van der Waals surface area contributed by atoms with Gasteiger partial charge < -0.3 is 19.5 Å². The van der Waals surface area contributed by atoms with Crippen molar-refractivity contribution >= 4 is 11.7 Å². The maximum absolute atomic E-state index is 12.2. The molecule has 33 heavy (non-hydrogen) atoms. The van der Waals surface area contributed by atoms with E-state index in [1.165, 1.54) is 17.5 Å². The number of rotatable bonds is 5. The first-order chi connectivity index (χ1) is 16.0. The largest absolute Gasteiger partial charge is 0.478 e. The lowest BCUT2D eigenvalue weighted by Gasteiger charge is -2.37. The summed E-state index contributed by atoms with van der Waals surface area (Å²) in [7, 11) is 0. The van der Waals surface area contributed by atoms with Crippen LogP contribution in [-0.2, 0) is 21.3 Å². The van der Waals surface area contributed by atoms with E-state index in [1.807, 2.05) is 13.0 Å². The number of hydrogen-bond acceptors (Lipinski definition) is 4. The van der Waals surface area contributed by atoms with E-state index in [4.69, 9.17) is 9.47 Å². The highest BCUT2D eigenvalue weighted by atomic mass is 16.5. The molecule has 0 radical (unpaired) electrons. The van der Waals surface area contributed by atoms with Crippen LogP contribution in [0.15, 0.2) is 30.3 Å². The maximum Gasteiger partial charge on any atom is 0.336 e. The molecule has 2 aromatic carbocycles. The topological polar surface area (TPSA) is 59.0 Å². The number of nitrogens with zero attached hydrogens (tertiary/aromatic N) is 1. The average Bonchev–Trinajstić information content (AvgIpc) is 3.18. The molecular weight excluding hydrogens is 414 g/mol. The van der Waals surface area contributed by atoms with Gasteiger partial charge in [0.15, 0.2) is 0 Å².